The Hall–Kier alpha value is -1.32. The number of hydrogen-bond donors (Lipinski definition) is 3. The minimum Gasteiger partial charge on any atom is -0.355 e. The van der Waals surface area contributed by atoms with Crippen molar-refractivity contribution < 1.29 is 9.59 Å². The van der Waals surface area contributed by atoms with Crippen molar-refractivity contribution >= 4 is 68.0 Å². The number of thiophene rings is 1. The van der Waals surface area contributed by atoms with Gasteiger partial charge in [-0.1, -0.05) is 25.4 Å². The molecule has 0 aliphatic carbocycles. The predicted molar refractivity (Wildman–Crippen MR) is 115 cm³/mol. The van der Waals surface area contributed by atoms with E-state index in [4.69, 9.17) is 11.6 Å². The van der Waals surface area contributed by atoms with E-state index in [-0.39, 0.29) is 17.2 Å². The lowest BCUT2D eigenvalue weighted by Crippen LogP contribution is -2.31. The van der Waals surface area contributed by atoms with Crippen LogP contribution >= 0.6 is 45.5 Å². The van der Waals surface area contributed by atoms with Crippen LogP contribution in [-0.2, 0) is 6.42 Å². The highest BCUT2D eigenvalue weighted by Gasteiger charge is 2.34. The molecule has 0 saturated carbocycles. The number of fused-ring (bicyclic) bond motifs is 1. The molecule has 3 rings (SSSR count). The van der Waals surface area contributed by atoms with E-state index in [1.165, 1.54) is 11.3 Å². The second-order valence-corrected chi connectivity index (χ2v) is 9.64. The number of carbonyl (C=O) groups excluding carboxylic acids is 2. The lowest BCUT2D eigenvalue weighted by atomic mass is 9.85. The van der Waals surface area contributed by atoms with Crippen molar-refractivity contribution in [1.82, 2.24) is 10.6 Å². The Kier molecular flexibility index (Phi) is 5.50. The Balaban J connectivity index is 2.12. The fourth-order valence-electron chi connectivity index (χ4n) is 2.92. The molecule has 0 radical (unpaired) electrons. The molecular formula is C18H19ClIN3O2S. The fourth-order valence-corrected chi connectivity index (χ4v) is 4.97. The van der Waals surface area contributed by atoms with Gasteiger partial charge in [-0.05, 0) is 58.2 Å². The summed E-state index contributed by atoms with van der Waals surface area (Å²) in [6, 6.07) is 5.65. The highest BCUT2D eigenvalue weighted by molar-refractivity contribution is 14.1. The molecule has 1 aromatic carbocycles. The minimum atomic E-state index is -0.211. The number of benzene rings is 1. The van der Waals surface area contributed by atoms with E-state index in [2.05, 4.69) is 52.4 Å². The molecule has 0 fully saturated rings. The normalized spacial score (nSPS) is 15.7. The third kappa shape index (κ3) is 3.84. The molecule has 26 heavy (non-hydrogen) atoms. The van der Waals surface area contributed by atoms with E-state index in [9.17, 15) is 9.59 Å². The van der Waals surface area contributed by atoms with Crippen molar-refractivity contribution in [2.45, 2.75) is 20.3 Å². The third-order valence-corrected chi connectivity index (χ3v) is 6.36. The van der Waals surface area contributed by atoms with Crippen LogP contribution in [0.25, 0.3) is 0 Å². The van der Waals surface area contributed by atoms with Gasteiger partial charge >= 0.3 is 0 Å². The van der Waals surface area contributed by atoms with Crippen molar-refractivity contribution in [2.24, 2.45) is 5.41 Å². The van der Waals surface area contributed by atoms with Crippen molar-refractivity contribution in [3.8, 4) is 0 Å². The predicted octanol–water partition coefficient (Wildman–Crippen LogP) is 4.42. The van der Waals surface area contributed by atoms with Gasteiger partial charge in [-0.3, -0.25) is 9.59 Å². The lowest BCUT2D eigenvalue weighted by molar-refractivity contribution is 0.0946. The molecule has 5 nitrogen and oxygen atoms in total. The zero-order chi connectivity index (χ0) is 19.1. The topological polar surface area (TPSA) is 70.2 Å². The van der Waals surface area contributed by atoms with Gasteiger partial charge in [0.1, 0.15) is 5.00 Å². The Morgan fingerprint density at radius 3 is 2.77 bits per heavy atom. The van der Waals surface area contributed by atoms with Gasteiger partial charge in [0.05, 0.1) is 21.2 Å². The number of hydrogen-bond acceptors (Lipinski definition) is 4. The van der Waals surface area contributed by atoms with Gasteiger partial charge < -0.3 is 16.0 Å². The first-order valence-electron chi connectivity index (χ1n) is 8.10. The summed E-state index contributed by atoms with van der Waals surface area (Å²) in [6.07, 6.45) is 0.641. The van der Waals surface area contributed by atoms with E-state index in [0.717, 1.165) is 9.13 Å². The van der Waals surface area contributed by atoms with Crippen LogP contribution in [0.4, 0.5) is 10.7 Å². The van der Waals surface area contributed by atoms with Gasteiger partial charge in [0.15, 0.2) is 0 Å². The molecule has 0 saturated heterocycles. The van der Waals surface area contributed by atoms with E-state index in [1.807, 2.05) is 18.2 Å². The summed E-state index contributed by atoms with van der Waals surface area (Å²) < 4.78 is 1.02. The Bertz CT molecular complexity index is 895. The molecule has 0 unspecified atom stereocenters. The highest BCUT2D eigenvalue weighted by Crippen LogP contribution is 2.41. The van der Waals surface area contributed by atoms with Crippen molar-refractivity contribution in [2.75, 3.05) is 18.9 Å². The second-order valence-electron chi connectivity index (χ2n) is 6.97. The average molecular weight is 504 g/mol. The summed E-state index contributed by atoms with van der Waals surface area (Å²) in [5.74, 6) is -0.348. The van der Waals surface area contributed by atoms with Gasteiger partial charge in [-0.15, -0.1) is 11.3 Å². The van der Waals surface area contributed by atoms with Crippen molar-refractivity contribution in [3.63, 3.8) is 0 Å². The minimum absolute atomic E-state index is 0.136. The SMILES string of the molecule is CNC(=O)c1c(Nc2ccc(I)cc2Cl)sc2c1CC(C)(C)CNC2=O. The first kappa shape index (κ1) is 19.4. The van der Waals surface area contributed by atoms with Crippen molar-refractivity contribution in [3.05, 3.63) is 42.8 Å². The molecular weight excluding hydrogens is 485 g/mol. The largest absolute Gasteiger partial charge is 0.355 e. The number of nitrogens with one attached hydrogen (secondary N) is 3. The molecule has 1 aliphatic rings. The molecule has 2 amide bonds. The number of anilines is 2. The molecule has 3 N–H and O–H groups in total. The summed E-state index contributed by atoms with van der Waals surface area (Å²) in [5, 5.41) is 10.1. The maximum Gasteiger partial charge on any atom is 0.261 e. The second kappa shape index (κ2) is 7.36. The standard InChI is InChI=1S/C18H19ClIN3O2S/c1-18(2)7-10-13(15(24)21-3)17(26-14(10)16(25)22-8-18)23-12-5-4-9(20)6-11(12)19/h4-6,23H,7-8H2,1-3H3,(H,21,24)(H,22,25). The zero-order valence-corrected chi connectivity index (χ0v) is 18.4. The summed E-state index contributed by atoms with van der Waals surface area (Å²) >= 11 is 9.81. The van der Waals surface area contributed by atoms with Crippen LogP contribution in [-0.4, -0.2) is 25.4 Å². The molecule has 2 aromatic rings. The molecule has 0 spiro atoms. The monoisotopic (exact) mass is 503 g/mol. The van der Waals surface area contributed by atoms with E-state index in [1.54, 1.807) is 7.05 Å². The van der Waals surface area contributed by atoms with Gasteiger partial charge in [0, 0.05) is 17.2 Å². The maximum atomic E-state index is 12.6. The van der Waals surface area contributed by atoms with Crippen LogP contribution in [0, 0.1) is 8.99 Å². The first-order valence-corrected chi connectivity index (χ1v) is 10.4. The van der Waals surface area contributed by atoms with Crippen LogP contribution in [0.1, 0.15) is 39.4 Å². The number of halogens is 2. The lowest BCUT2D eigenvalue weighted by Gasteiger charge is -2.22. The maximum absolute atomic E-state index is 12.6. The Morgan fingerprint density at radius 1 is 1.38 bits per heavy atom. The molecule has 8 heteroatoms. The zero-order valence-electron chi connectivity index (χ0n) is 14.6. The fraction of sp³-hybridized carbons (Fsp3) is 0.333. The summed E-state index contributed by atoms with van der Waals surface area (Å²) in [7, 11) is 1.59. The smallest absolute Gasteiger partial charge is 0.261 e. The first-order chi connectivity index (χ1) is 12.2. The quantitative estimate of drug-likeness (QED) is 0.543. The van der Waals surface area contributed by atoms with Crippen LogP contribution in [0.3, 0.4) is 0 Å². The molecule has 0 atom stereocenters. The summed E-state index contributed by atoms with van der Waals surface area (Å²) in [4.78, 5) is 25.7. The average Bonchev–Trinajstić information content (AvgIpc) is 2.86. The van der Waals surface area contributed by atoms with Gasteiger partial charge in [0.25, 0.3) is 11.8 Å². The summed E-state index contributed by atoms with van der Waals surface area (Å²) in [6.45, 7) is 4.74. The van der Waals surface area contributed by atoms with E-state index >= 15 is 0 Å². The molecule has 1 aromatic heterocycles. The Morgan fingerprint density at radius 2 is 2.12 bits per heavy atom. The van der Waals surface area contributed by atoms with Crippen LogP contribution in [0.5, 0.6) is 0 Å². The van der Waals surface area contributed by atoms with Crippen LogP contribution in [0.2, 0.25) is 5.02 Å². The van der Waals surface area contributed by atoms with Gasteiger partial charge in [-0.2, -0.15) is 0 Å². The number of amides is 2. The van der Waals surface area contributed by atoms with Crippen molar-refractivity contribution in [1.29, 1.82) is 0 Å². The molecule has 138 valence electrons. The molecule has 0 bridgehead atoms. The third-order valence-electron chi connectivity index (χ3n) is 4.23. The molecule has 2 heterocycles. The van der Waals surface area contributed by atoms with E-state index < -0.39 is 0 Å². The summed E-state index contributed by atoms with van der Waals surface area (Å²) in [5.41, 5.74) is 1.88. The number of rotatable bonds is 3. The molecule has 1 aliphatic heterocycles. The Labute approximate surface area is 175 Å². The van der Waals surface area contributed by atoms with Crippen LogP contribution in [0.15, 0.2) is 18.2 Å². The highest BCUT2D eigenvalue weighted by atomic mass is 127. The van der Waals surface area contributed by atoms with Gasteiger partial charge in [0.2, 0.25) is 0 Å². The van der Waals surface area contributed by atoms with Gasteiger partial charge in [-0.25, -0.2) is 0 Å². The van der Waals surface area contributed by atoms with Crippen LogP contribution < -0.4 is 16.0 Å². The number of carbonyl (C=O) groups is 2. The van der Waals surface area contributed by atoms with E-state index in [0.29, 0.717) is 39.1 Å².